The molecular formula is C11H15F3IN3OS. The lowest BCUT2D eigenvalue weighted by Crippen LogP contribution is -2.24. The molecule has 0 fully saturated rings. The van der Waals surface area contributed by atoms with Crippen LogP contribution in [0, 0.1) is 0 Å². The van der Waals surface area contributed by atoms with Crippen LogP contribution in [-0.2, 0) is 0 Å². The molecule has 20 heavy (non-hydrogen) atoms. The van der Waals surface area contributed by atoms with Crippen LogP contribution in [-0.4, -0.2) is 30.9 Å². The average Bonchev–Trinajstić information content (AvgIpc) is 2.30. The second kappa shape index (κ2) is 9.16. The van der Waals surface area contributed by atoms with Crippen molar-refractivity contribution in [1.82, 2.24) is 0 Å². The van der Waals surface area contributed by atoms with Crippen LogP contribution in [0.4, 0.5) is 18.9 Å². The molecule has 1 aromatic rings. The number of hydrogen-bond acceptors (Lipinski definition) is 3. The van der Waals surface area contributed by atoms with Gasteiger partial charge in [0.2, 0.25) is 0 Å². The zero-order valence-electron chi connectivity index (χ0n) is 10.6. The standard InChI is InChI=1S/C11H14F3N3OS.HI/c1-19-7-6-16-10(15)17-8-4-2-3-5-9(8)18-11(12,13)14;/h2-5H,6-7H2,1H3,(H3,15,16,17);1H. The van der Waals surface area contributed by atoms with Crippen LogP contribution < -0.4 is 15.8 Å². The lowest BCUT2D eigenvalue weighted by molar-refractivity contribution is -0.274. The van der Waals surface area contributed by atoms with Crippen LogP contribution in [0.3, 0.4) is 0 Å². The molecule has 0 aromatic heterocycles. The Labute approximate surface area is 136 Å². The molecule has 0 atom stereocenters. The lowest BCUT2D eigenvalue weighted by atomic mass is 10.3. The third-order valence-electron chi connectivity index (χ3n) is 1.95. The third kappa shape index (κ3) is 7.68. The van der Waals surface area contributed by atoms with E-state index >= 15 is 0 Å². The molecule has 0 saturated heterocycles. The van der Waals surface area contributed by atoms with E-state index in [2.05, 4.69) is 15.0 Å². The highest BCUT2D eigenvalue weighted by atomic mass is 127. The molecule has 1 aromatic carbocycles. The number of nitrogens with zero attached hydrogens (tertiary/aromatic N) is 1. The summed E-state index contributed by atoms with van der Waals surface area (Å²) in [6, 6.07) is 5.64. The van der Waals surface area contributed by atoms with Crippen LogP contribution in [0.15, 0.2) is 29.3 Å². The highest BCUT2D eigenvalue weighted by Crippen LogP contribution is 2.29. The van der Waals surface area contributed by atoms with Crippen LogP contribution in [0.2, 0.25) is 0 Å². The summed E-state index contributed by atoms with van der Waals surface area (Å²) < 4.78 is 40.5. The van der Waals surface area contributed by atoms with E-state index in [1.807, 2.05) is 6.26 Å². The number of halogens is 4. The lowest BCUT2D eigenvalue weighted by Gasteiger charge is -2.14. The quantitative estimate of drug-likeness (QED) is 0.332. The van der Waals surface area contributed by atoms with Crippen molar-refractivity contribution in [3.8, 4) is 5.75 Å². The van der Waals surface area contributed by atoms with E-state index < -0.39 is 6.36 Å². The molecule has 1 rings (SSSR count). The van der Waals surface area contributed by atoms with E-state index in [4.69, 9.17) is 5.73 Å². The summed E-state index contributed by atoms with van der Waals surface area (Å²) in [6.07, 6.45) is -2.83. The van der Waals surface area contributed by atoms with E-state index in [-0.39, 0.29) is 41.4 Å². The average molecular weight is 421 g/mol. The van der Waals surface area contributed by atoms with Crippen molar-refractivity contribution in [2.24, 2.45) is 10.7 Å². The molecule has 0 heterocycles. The van der Waals surface area contributed by atoms with Gasteiger partial charge < -0.3 is 15.8 Å². The molecule has 0 radical (unpaired) electrons. The maximum Gasteiger partial charge on any atom is 0.573 e. The number of rotatable bonds is 5. The molecule has 3 N–H and O–H groups in total. The number of guanidine groups is 1. The molecule has 0 aliphatic heterocycles. The number of anilines is 1. The van der Waals surface area contributed by atoms with E-state index in [0.717, 1.165) is 5.75 Å². The fraction of sp³-hybridized carbons (Fsp3) is 0.364. The molecular weight excluding hydrogens is 406 g/mol. The van der Waals surface area contributed by atoms with Gasteiger partial charge in [-0.15, -0.1) is 37.1 Å². The van der Waals surface area contributed by atoms with Gasteiger partial charge in [0.15, 0.2) is 11.7 Å². The molecule has 114 valence electrons. The number of hydrogen-bond donors (Lipinski definition) is 2. The third-order valence-corrected chi connectivity index (χ3v) is 2.54. The fourth-order valence-electron chi connectivity index (χ4n) is 1.22. The summed E-state index contributed by atoms with van der Waals surface area (Å²) in [7, 11) is 0. The minimum Gasteiger partial charge on any atom is -0.404 e. The molecule has 0 aliphatic rings. The Morgan fingerprint density at radius 2 is 2.05 bits per heavy atom. The number of ether oxygens (including phenoxy) is 1. The minimum atomic E-state index is -4.75. The first-order valence-electron chi connectivity index (χ1n) is 5.33. The van der Waals surface area contributed by atoms with E-state index in [1.165, 1.54) is 18.2 Å². The summed E-state index contributed by atoms with van der Waals surface area (Å²) in [6.45, 7) is 0.488. The molecule has 0 bridgehead atoms. The number of thioether (sulfide) groups is 1. The molecule has 0 unspecified atom stereocenters. The number of nitrogens with one attached hydrogen (secondary N) is 1. The van der Waals surface area contributed by atoms with Crippen LogP contribution in [0.5, 0.6) is 5.75 Å². The van der Waals surface area contributed by atoms with Gasteiger partial charge in [-0.25, -0.2) is 0 Å². The molecule has 0 saturated carbocycles. The highest BCUT2D eigenvalue weighted by Gasteiger charge is 2.32. The van der Waals surface area contributed by atoms with Gasteiger partial charge in [0.25, 0.3) is 0 Å². The highest BCUT2D eigenvalue weighted by molar-refractivity contribution is 14.0. The largest absolute Gasteiger partial charge is 0.573 e. The predicted molar refractivity (Wildman–Crippen MR) is 87.0 cm³/mol. The Bertz CT molecular complexity index is 443. The van der Waals surface area contributed by atoms with Crippen molar-refractivity contribution in [2.45, 2.75) is 6.36 Å². The maximum atomic E-state index is 12.2. The summed E-state index contributed by atoms with van der Waals surface area (Å²) in [5.41, 5.74) is 5.69. The topological polar surface area (TPSA) is 59.6 Å². The number of nitrogens with two attached hydrogens (primary N) is 1. The first kappa shape index (κ1) is 19.2. The van der Waals surface area contributed by atoms with Gasteiger partial charge in [0.1, 0.15) is 0 Å². The van der Waals surface area contributed by atoms with Crippen molar-refractivity contribution in [1.29, 1.82) is 0 Å². The van der Waals surface area contributed by atoms with Gasteiger partial charge in [0, 0.05) is 5.75 Å². The van der Waals surface area contributed by atoms with E-state index in [9.17, 15) is 13.2 Å². The van der Waals surface area contributed by atoms with Crippen molar-refractivity contribution >= 4 is 47.4 Å². The number of alkyl halides is 3. The Balaban J connectivity index is 0.00000361. The molecule has 0 spiro atoms. The maximum absolute atomic E-state index is 12.2. The molecule has 9 heteroatoms. The molecule has 0 aliphatic carbocycles. The van der Waals surface area contributed by atoms with Crippen LogP contribution in [0.1, 0.15) is 0 Å². The molecule has 0 amide bonds. The van der Waals surface area contributed by atoms with Crippen LogP contribution in [0.25, 0.3) is 0 Å². The van der Waals surface area contributed by atoms with Gasteiger partial charge >= 0.3 is 6.36 Å². The Kier molecular flexibility index (Phi) is 8.78. The van der Waals surface area contributed by atoms with Gasteiger partial charge in [-0.05, 0) is 18.4 Å². The van der Waals surface area contributed by atoms with Gasteiger partial charge in [-0.1, -0.05) is 12.1 Å². The Hall–Kier alpha value is -0.840. The van der Waals surface area contributed by atoms with Crippen molar-refractivity contribution in [3.05, 3.63) is 24.3 Å². The zero-order valence-corrected chi connectivity index (χ0v) is 13.8. The van der Waals surface area contributed by atoms with Gasteiger partial charge in [-0.3, -0.25) is 4.99 Å². The number of benzene rings is 1. The Morgan fingerprint density at radius 3 is 2.65 bits per heavy atom. The number of para-hydroxylation sites is 2. The van der Waals surface area contributed by atoms with Crippen molar-refractivity contribution in [3.63, 3.8) is 0 Å². The first-order valence-corrected chi connectivity index (χ1v) is 6.72. The summed E-state index contributed by atoms with van der Waals surface area (Å²) >= 11 is 1.60. The minimum absolute atomic E-state index is 0. The van der Waals surface area contributed by atoms with E-state index in [1.54, 1.807) is 17.8 Å². The second-order valence-electron chi connectivity index (χ2n) is 3.43. The van der Waals surface area contributed by atoms with Gasteiger partial charge in [0.05, 0.1) is 12.2 Å². The second-order valence-corrected chi connectivity index (χ2v) is 4.41. The fourth-order valence-corrected chi connectivity index (χ4v) is 1.49. The van der Waals surface area contributed by atoms with Crippen LogP contribution >= 0.6 is 35.7 Å². The van der Waals surface area contributed by atoms with E-state index in [0.29, 0.717) is 6.54 Å². The van der Waals surface area contributed by atoms with Crippen molar-refractivity contribution < 1.29 is 17.9 Å². The van der Waals surface area contributed by atoms with Crippen molar-refractivity contribution in [2.75, 3.05) is 23.9 Å². The zero-order chi connectivity index (χ0) is 14.3. The monoisotopic (exact) mass is 421 g/mol. The summed E-state index contributed by atoms with van der Waals surface area (Å²) in [5, 5.41) is 2.59. The SMILES string of the molecule is CSCCN=C(N)Nc1ccccc1OC(F)(F)F.I. The summed E-state index contributed by atoms with van der Waals surface area (Å²) in [5.74, 6) is 0.480. The normalized spacial score (nSPS) is 11.7. The van der Waals surface area contributed by atoms with Gasteiger partial charge in [-0.2, -0.15) is 11.8 Å². The summed E-state index contributed by atoms with van der Waals surface area (Å²) in [4.78, 5) is 3.97. The smallest absolute Gasteiger partial charge is 0.404 e. The molecule has 4 nitrogen and oxygen atoms in total. The first-order chi connectivity index (χ1) is 8.92. The predicted octanol–water partition coefficient (Wildman–Crippen LogP) is 3.29. The Morgan fingerprint density at radius 1 is 1.40 bits per heavy atom. The number of aliphatic imine (C=N–C) groups is 1.